The minimum Gasteiger partial charge on any atom is -0.358 e. The number of nitrogens with one attached hydrogen (secondary N) is 1. The van der Waals surface area contributed by atoms with E-state index in [2.05, 4.69) is 20.3 Å². The highest BCUT2D eigenvalue weighted by Gasteiger charge is 2.23. The third kappa shape index (κ3) is 2.33. The Morgan fingerprint density at radius 1 is 1.31 bits per heavy atom. The van der Waals surface area contributed by atoms with Gasteiger partial charge in [0.1, 0.15) is 17.2 Å². The highest BCUT2D eigenvalue weighted by Crippen LogP contribution is 2.25. The van der Waals surface area contributed by atoms with E-state index >= 15 is 0 Å². The van der Waals surface area contributed by atoms with Gasteiger partial charge in [0, 0.05) is 17.6 Å². The average molecular weight is 238 g/mol. The summed E-state index contributed by atoms with van der Waals surface area (Å²) in [6.45, 7) is 3.93. The van der Waals surface area contributed by atoms with Crippen LogP contribution in [-0.4, -0.2) is 15.0 Å². The third-order valence-corrected chi connectivity index (χ3v) is 3.14. The standard InChI is InChI=1S/C10H11FN4S/c1-10(2,9-12-3-4-16-9)15-8-5-7(11)13-6-14-8/h3-6H,1-2H3,(H,13,14,15). The Morgan fingerprint density at radius 3 is 2.75 bits per heavy atom. The van der Waals surface area contributed by atoms with Crippen LogP contribution in [0.25, 0.3) is 0 Å². The normalized spacial score (nSPS) is 11.4. The Labute approximate surface area is 96.6 Å². The van der Waals surface area contributed by atoms with E-state index in [1.807, 2.05) is 19.2 Å². The van der Waals surface area contributed by atoms with E-state index in [-0.39, 0.29) is 5.54 Å². The molecule has 0 aromatic carbocycles. The van der Waals surface area contributed by atoms with Crippen molar-refractivity contribution in [3.8, 4) is 0 Å². The number of anilines is 1. The molecule has 0 spiro atoms. The van der Waals surface area contributed by atoms with Gasteiger partial charge in [-0.15, -0.1) is 11.3 Å². The number of aromatic nitrogens is 3. The van der Waals surface area contributed by atoms with Crippen LogP contribution in [0.3, 0.4) is 0 Å². The molecule has 0 saturated carbocycles. The molecule has 16 heavy (non-hydrogen) atoms. The lowest BCUT2D eigenvalue weighted by atomic mass is 10.1. The fraction of sp³-hybridized carbons (Fsp3) is 0.300. The summed E-state index contributed by atoms with van der Waals surface area (Å²) < 4.78 is 12.9. The van der Waals surface area contributed by atoms with Crippen LogP contribution in [0, 0.1) is 5.95 Å². The molecule has 0 amide bonds. The van der Waals surface area contributed by atoms with Gasteiger partial charge in [0.15, 0.2) is 0 Å². The molecule has 0 radical (unpaired) electrons. The Balaban J connectivity index is 2.21. The number of hydrogen-bond donors (Lipinski definition) is 1. The quantitative estimate of drug-likeness (QED) is 0.834. The third-order valence-electron chi connectivity index (χ3n) is 2.04. The number of rotatable bonds is 3. The van der Waals surface area contributed by atoms with Gasteiger partial charge in [-0.3, -0.25) is 0 Å². The summed E-state index contributed by atoms with van der Waals surface area (Å²) in [7, 11) is 0. The van der Waals surface area contributed by atoms with Crippen molar-refractivity contribution in [1.82, 2.24) is 15.0 Å². The second-order valence-electron chi connectivity index (χ2n) is 3.81. The maximum Gasteiger partial charge on any atom is 0.217 e. The molecule has 2 rings (SSSR count). The minimum atomic E-state index is -0.549. The first-order valence-electron chi connectivity index (χ1n) is 4.73. The van der Waals surface area contributed by atoms with Crippen molar-refractivity contribution in [3.05, 3.63) is 34.9 Å². The van der Waals surface area contributed by atoms with Gasteiger partial charge >= 0.3 is 0 Å². The number of nitrogens with zero attached hydrogens (tertiary/aromatic N) is 3. The van der Waals surface area contributed by atoms with E-state index in [1.54, 1.807) is 17.5 Å². The Kier molecular flexibility index (Phi) is 2.82. The van der Waals surface area contributed by atoms with Crippen molar-refractivity contribution in [1.29, 1.82) is 0 Å². The van der Waals surface area contributed by atoms with Crippen molar-refractivity contribution >= 4 is 17.2 Å². The van der Waals surface area contributed by atoms with E-state index in [0.29, 0.717) is 5.82 Å². The molecule has 0 aliphatic rings. The molecule has 0 aliphatic heterocycles. The van der Waals surface area contributed by atoms with Crippen LogP contribution in [-0.2, 0) is 5.54 Å². The lowest BCUT2D eigenvalue weighted by Gasteiger charge is -2.24. The number of thiazole rings is 1. The number of hydrogen-bond acceptors (Lipinski definition) is 5. The molecule has 0 atom stereocenters. The highest BCUT2D eigenvalue weighted by atomic mass is 32.1. The Hall–Kier alpha value is -1.56. The molecular formula is C10H11FN4S. The Morgan fingerprint density at radius 2 is 2.12 bits per heavy atom. The van der Waals surface area contributed by atoms with Crippen molar-refractivity contribution in [2.45, 2.75) is 19.4 Å². The number of halogens is 1. The maximum absolute atomic E-state index is 12.9. The summed E-state index contributed by atoms with van der Waals surface area (Å²) in [4.78, 5) is 11.6. The molecule has 2 heterocycles. The first kappa shape index (κ1) is 10.9. The van der Waals surface area contributed by atoms with E-state index in [9.17, 15) is 4.39 Å². The zero-order valence-corrected chi connectivity index (χ0v) is 9.75. The van der Waals surface area contributed by atoms with Gasteiger partial charge in [-0.1, -0.05) is 0 Å². The van der Waals surface area contributed by atoms with Gasteiger partial charge in [-0.25, -0.2) is 15.0 Å². The topological polar surface area (TPSA) is 50.7 Å². The molecule has 2 aromatic heterocycles. The van der Waals surface area contributed by atoms with E-state index < -0.39 is 5.95 Å². The van der Waals surface area contributed by atoms with Crippen LogP contribution < -0.4 is 5.32 Å². The second-order valence-corrected chi connectivity index (χ2v) is 4.71. The van der Waals surface area contributed by atoms with Gasteiger partial charge in [-0.05, 0) is 13.8 Å². The second kappa shape index (κ2) is 4.13. The molecule has 0 fully saturated rings. The highest BCUT2D eigenvalue weighted by molar-refractivity contribution is 7.09. The summed E-state index contributed by atoms with van der Waals surface area (Å²) in [6, 6.07) is 1.26. The fourth-order valence-corrected chi connectivity index (χ4v) is 2.03. The zero-order valence-electron chi connectivity index (χ0n) is 8.94. The summed E-state index contributed by atoms with van der Waals surface area (Å²) in [5.41, 5.74) is -0.380. The lowest BCUT2D eigenvalue weighted by Crippen LogP contribution is -2.28. The van der Waals surface area contributed by atoms with E-state index in [0.717, 1.165) is 5.01 Å². The predicted molar refractivity (Wildman–Crippen MR) is 60.8 cm³/mol. The molecule has 2 aromatic rings. The van der Waals surface area contributed by atoms with E-state index in [4.69, 9.17) is 0 Å². The summed E-state index contributed by atoms with van der Waals surface area (Å²) in [5.74, 6) is -0.0971. The molecular weight excluding hydrogens is 227 g/mol. The first-order valence-corrected chi connectivity index (χ1v) is 5.61. The van der Waals surface area contributed by atoms with Gasteiger partial charge in [0.25, 0.3) is 0 Å². The SMILES string of the molecule is CC(C)(Nc1cc(F)ncn1)c1nccs1. The van der Waals surface area contributed by atoms with Crippen LogP contribution in [0.2, 0.25) is 0 Å². The van der Waals surface area contributed by atoms with Crippen LogP contribution in [0.4, 0.5) is 10.2 Å². The molecule has 84 valence electrons. The molecule has 6 heteroatoms. The van der Waals surface area contributed by atoms with Crippen LogP contribution in [0.5, 0.6) is 0 Å². The minimum absolute atomic E-state index is 0.380. The van der Waals surface area contributed by atoms with Crippen LogP contribution in [0.1, 0.15) is 18.9 Å². The fourth-order valence-electron chi connectivity index (χ4n) is 1.31. The van der Waals surface area contributed by atoms with Gasteiger partial charge < -0.3 is 5.32 Å². The van der Waals surface area contributed by atoms with Crippen molar-refractivity contribution in [2.75, 3.05) is 5.32 Å². The van der Waals surface area contributed by atoms with Crippen molar-refractivity contribution < 1.29 is 4.39 Å². The Bertz CT molecular complexity index is 469. The lowest BCUT2D eigenvalue weighted by molar-refractivity contribution is 0.571. The summed E-state index contributed by atoms with van der Waals surface area (Å²) in [5, 5.41) is 5.94. The van der Waals surface area contributed by atoms with Crippen molar-refractivity contribution in [3.63, 3.8) is 0 Å². The zero-order chi connectivity index (χ0) is 11.6. The molecule has 0 unspecified atom stereocenters. The van der Waals surface area contributed by atoms with Gasteiger partial charge in [0.2, 0.25) is 5.95 Å². The van der Waals surface area contributed by atoms with Gasteiger partial charge in [-0.2, -0.15) is 4.39 Å². The maximum atomic E-state index is 12.9. The summed E-state index contributed by atoms with van der Waals surface area (Å²) >= 11 is 1.54. The van der Waals surface area contributed by atoms with E-state index in [1.165, 1.54) is 12.4 Å². The molecule has 0 bridgehead atoms. The molecule has 0 aliphatic carbocycles. The van der Waals surface area contributed by atoms with Crippen molar-refractivity contribution in [2.24, 2.45) is 0 Å². The van der Waals surface area contributed by atoms with Crippen LogP contribution in [0.15, 0.2) is 24.0 Å². The molecule has 0 saturated heterocycles. The average Bonchev–Trinajstić information content (AvgIpc) is 2.69. The largest absolute Gasteiger partial charge is 0.358 e. The molecule has 4 nitrogen and oxygen atoms in total. The first-order chi connectivity index (χ1) is 7.58. The smallest absolute Gasteiger partial charge is 0.217 e. The monoisotopic (exact) mass is 238 g/mol. The predicted octanol–water partition coefficient (Wildman–Crippen LogP) is 2.42. The van der Waals surface area contributed by atoms with Crippen LogP contribution >= 0.6 is 11.3 Å². The van der Waals surface area contributed by atoms with Gasteiger partial charge in [0.05, 0.1) is 5.54 Å². The molecule has 1 N–H and O–H groups in total. The summed E-state index contributed by atoms with van der Waals surface area (Å²) in [6.07, 6.45) is 2.93.